The zero-order valence-corrected chi connectivity index (χ0v) is 15.9. The first-order chi connectivity index (χ1) is 13.6. The van der Waals surface area contributed by atoms with Gasteiger partial charge in [0.15, 0.2) is 0 Å². The molecule has 0 aliphatic heterocycles. The maximum Gasteiger partial charge on any atom is 0.226 e. The van der Waals surface area contributed by atoms with Crippen LogP contribution in [0.5, 0.6) is 5.75 Å². The van der Waals surface area contributed by atoms with Crippen LogP contribution < -0.4 is 9.64 Å². The Kier molecular flexibility index (Phi) is 6.37. The molecule has 0 radical (unpaired) electrons. The van der Waals surface area contributed by atoms with Crippen molar-refractivity contribution in [3.63, 3.8) is 0 Å². The minimum absolute atomic E-state index is 0.0241. The monoisotopic (exact) mass is 383 g/mol. The summed E-state index contributed by atoms with van der Waals surface area (Å²) in [6, 6.07) is 13.3. The molecule has 0 aliphatic rings. The molecule has 1 aromatic heterocycles. The van der Waals surface area contributed by atoms with E-state index in [9.17, 15) is 9.18 Å². The summed E-state index contributed by atoms with van der Waals surface area (Å²) in [5, 5.41) is 3.99. The third-order valence-electron chi connectivity index (χ3n) is 4.35. The Bertz CT molecular complexity index is 907. The van der Waals surface area contributed by atoms with Crippen molar-refractivity contribution in [3.8, 4) is 17.1 Å². The summed E-state index contributed by atoms with van der Waals surface area (Å²) in [5.74, 6) is 1.40. The van der Waals surface area contributed by atoms with Gasteiger partial charge in [-0.3, -0.25) is 4.79 Å². The molecular formula is C21H22FN3O3. The maximum absolute atomic E-state index is 13.1. The molecule has 0 fully saturated rings. The molecule has 1 heterocycles. The number of carbonyl (C=O) groups is 1. The highest BCUT2D eigenvalue weighted by atomic mass is 19.1. The number of nitrogens with zero attached hydrogens (tertiary/aromatic N) is 3. The van der Waals surface area contributed by atoms with Crippen molar-refractivity contribution in [2.24, 2.45) is 0 Å². The molecule has 146 valence electrons. The number of aromatic nitrogens is 2. The molecule has 1 amide bonds. The van der Waals surface area contributed by atoms with E-state index in [4.69, 9.17) is 9.26 Å². The second kappa shape index (κ2) is 9.12. The molecule has 0 bridgehead atoms. The molecule has 0 aliphatic carbocycles. The molecule has 0 N–H and O–H groups in total. The Morgan fingerprint density at radius 3 is 2.50 bits per heavy atom. The molecule has 0 unspecified atom stereocenters. The molecular weight excluding hydrogens is 361 g/mol. The number of ether oxygens (including phenoxy) is 1. The summed E-state index contributed by atoms with van der Waals surface area (Å²) in [6.45, 7) is 2.41. The van der Waals surface area contributed by atoms with E-state index in [0.717, 1.165) is 11.3 Å². The zero-order valence-electron chi connectivity index (χ0n) is 15.9. The lowest BCUT2D eigenvalue weighted by Gasteiger charge is -2.20. The molecule has 3 rings (SSSR count). The van der Waals surface area contributed by atoms with Gasteiger partial charge in [-0.2, -0.15) is 4.98 Å². The van der Waals surface area contributed by atoms with Crippen LogP contribution in [0.1, 0.15) is 25.7 Å². The number of hydrogen-bond acceptors (Lipinski definition) is 5. The van der Waals surface area contributed by atoms with E-state index in [0.29, 0.717) is 43.2 Å². The molecule has 28 heavy (non-hydrogen) atoms. The molecule has 0 saturated carbocycles. The van der Waals surface area contributed by atoms with Crippen LogP contribution in [0.15, 0.2) is 53.1 Å². The van der Waals surface area contributed by atoms with Gasteiger partial charge in [0, 0.05) is 30.6 Å². The molecule has 0 spiro atoms. The minimum atomic E-state index is -0.323. The molecule has 7 heteroatoms. The van der Waals surface area contributed by atoms with Crippen LogP contribution in [0.3, 0.4) is 0 Å². The predicted molar refractivity (Wildman–Crippen MR) is 104 cm³/mol. The van der Waals surface area contributed by atoms with E-state index >= 15 is 0 Å². The molecule has 3 aromatic rings. The van der Waals surface area contributed by atoms with Gasteiger partial charge in [0.05, 0.1) is 7.11 Å². The molecule has 6 nitrogen and oxygen atoms in total. The van der Waals surface area contributed by atoms with Gasteiger partial charge in [-0.05, 0) is 61.9 Å². The van der Waals surface area contributed by atoms with E-state index in [-0.39, 0.29) is 11.7 Å². The number of hydrogen-bond donors (Lipinski definition) is 0. The fourth-order valence-corrected chi connectivity index (χ4v) is 2.86. The smallest absolute Gasteiger partial charge is 0.226 e. The van der Waals surface area contributed by atoms with Gasteiger partial charge in [-0.25, -0.2) is 4.39 Å². The SMILES string of the molecule is CCN(C(=O)CCCc1nc(-c2ccc(OC)cc2)no1)c1ccc(F)cc1. The Morgan fingerprint density at radius 2 is 1.86 bits per heavy atom. The van der Waals surface area contributed by atoms with Crippen molar-refractivity contribution < 1.29 is 18.4 Å². The zero-order chi connectivity index (χ0) is 19.9. The first kappa shape index (κ1) is 19.5. The Hall–Kier alpha value is -3.22. The van der Waals surface area contributed by atoms with E-state index in [2.05, 4.69) is 10.1 Å². The van der Waals surface area contributed by atoms with Crippen molar-refractivity contribution >= 4 is 11.6 Å². The van der Waals surface area contributed by atoms with Gasteiger partial charge in [0.2, 0.25) is 17.6 Å². The molecule has 2 aromatic carbocycles. The lowest BCUT2D eigenvalue weighted by Crippen LogP contribution is -2.30. The largest absolute Gasteiger partial charge is 0.497 e. The first-order valence-corrected chi connectivity index (χ1v) is 9.13. The highest BCUT2D eigenvalue weighted by Gasteiger charge is 2.15. The van der Waals surface area contributed by atoms with Crippen LogP contribution >= 0.6 is 0 Å². The second-order valence-electron chi connectivity index (χ2n) is 6.21. The predicted octanol–water partition coefficient (Wildman–Crippen LogP) is 4.26. The van der Waals surface area contributed by atoms with Gasteiger partial charge in [0.1, 0.15) is 11.6 Å². The van der Waals surface area contributed by atoms with Gasteiger partial charge < -0.3 is 14.2 Å². The highest BCUT2D eigenvalue weighted by molar-refractivity contribution is 5.93. The minimum Gasteiger partial charge on any atom is -0.497 e. The summed E-state index contributed by atoms with van der Waals surface area (Å²) in [4.78, 5) is 18.5. The number of methoxy groups -OCH3 is 1. The summed E-state index contributed by atoms with van der Waals surface area (Å²) in [7, 11) is 1.61. The van der Waals surface area contributed by atoms with Crippen LogP contribution in [0.2, 0.25) is 0 Å². The summed E-state index contributed by atoms with van der Waals surface area (Å²) in [5.41, 5.74) is 1.52. The third kappa shape index (κ3) is 4.73. The summed E-state index contributed by atoms with van der Waals surface area (Å²) < 4.78 is 23.5. The van der Waals surface area contributed by atoms with E-state index < -0.39 is 0 Å². The van der Waals surface area contributed by atoms with Gasteiger partial charge in [-0.15, -0.1) is 0 Å². The maximum atomic E-state index is 13.1. The van der Waals surface area contributed by atoms with E-state index in [1.54, 1.807) is 24.1 Å². The number of amides is 1. The Balaban J connectivity index is 1.55. The fourth-order valence-electron chi connectivity index (χ4n) is 2.86. The molecule has 0 atom stereocenters. The first-order valence-electron chi connectivity index (χ1n) is 9.13. The van der Waals surface area contributed by atoms with Crippen molar-refractivity contribution in [3.05, 3.63) is 60.2 Å². The summed E-state index contributed by atoms with van der Waals surface area (Å²) >= 11 is 0. The van der Waals surface area contributed by atoms with Crippen LogP contribution in [-0.4, -0.2) is 29.7 Å². The van der Waals surface area contributed by atoms with Crippen molar-refractivity contribution in [2.45, 2.75) is 26.2 Å². The highest BCUT2D eigenvalue weighted by Crippen LogP contribution is 2.21. The van der Waals surface area contributed by atoms with Crippen molar-refractivity contribution in [2.75, 3.05) is 18.6 Å². The average Bonchev–Trinajstić information content (AvgIpc) is 3.19. The van der Waals surface area contributed by atoms with E-state index in [1.165, 1.54) is 12.1 Å². The van der Waals surface area contributed by atoms with Gasteiger partial charge in [0.25, 0.3) is 0 Å². The average molecular weight is 383 g/mol. The van der Waals surface area contributed by atoms with Crippen molar-refractivity contribution in [1.29, 1.82) is 0 Å². The number of rotatable bonds is 8. The number of anilines is 1. The second-order valence-corrected chi connectivity index (χ2v) is 6.21. The Labute approximate surface area is 162 Å². The number of carbonyl (C=O) groups excluding carboxylic acids is 1. The number of halogens is 1. The normalized spacial score (nSPS) is 10.7. The van der Waals surface area contributed by atoms with Crippen LogP contribution in [0, 0.1) is 5.82 Å². The fraction of sp³-hybridized carbons (Fsp3) is 0.286. The number of aryl methyl sites for hydroxylation is 1. The number of benzene rings is 2. The van der Waals surface area contributed by atoms with Crippen molar-refractivity contribution in [1.82, 2.24) is 10.1 Å². The van der Waals surface area contributed by atoms with Gasteiger partial charge >= 0.3 is 0 Å². The summed E-state index contributed by atoms with van der Waals surface area (Å²) in [6.07, 6.45) is 1.43. The van der Waals surface area contributed by atoms with Crippen LogP contribution in [0.4, 0.5) is 10.1 Å². The van der Waals surface area contributed by atoms with E-state index in [1.807, 2.05) is 31.2 Å². The van der Waals surface area contributed by atoms with Crippen LogP contribution in [-0.2, 0) is 11.2 Å². The lowest BCUT2D eigenvalue weighted by atomic mass is 10.2. The molecule has 0 saturated heterocycles. The lowest BCUT2D eigenvalue weighted by molar-refractivity contribution is -0.118. The van der Waals surface area contributed by atoms with Crippen LogP contribution in [0.25, 0.3) is 11.4 Å². The Morgan fingerprint density at radius 1 is 1.14 bits per heavy atom. The standard InChI is InChI=1S/C21H22FN3O3/c1-3-25(17-11-9-16(22)10-12-17)20(26)6-4-5-19-23-21(24-28-19)15-7-13-18(27-2)14-8-15/h7-14H,3-6H2,1-2H3. The third-order valence-corrected chi connectivity index (χ3v) is 4.35. The topological polar surface area (TPSA) is 68.5 Å². The quantitative estimate of drug-likeness (QED) is 0.581. The van der Waals surface area contributed by atoms with Gasteiger partial charge in [-0.1, -0.05) is 5.16 Å².